The zero-order valence-electron chi connectivity index (χ0n) is 16.8. The number of guanidine groups is 1. The van der Waals surface area contributed by atoms with E-state index in [-0.39, 0.29) is 24.0 Å². The predicted octanol–water partition coefficient (Wildman–Crippen LogP) is 3.52. The molecule has 0 bridgehead atoms. The molecular formula is C20H34IN3O3. The Kier molecular flexibility index (Phi) is 8.88. The van der Waals surface area contributed by atoms with Crippen LogP contribution in [-0.4, -0.2) is 56.0 Å². The van der Waals surface area contributed by atoms with Crippen molar-refractivity contribution in [3.8, 4) is 0 Å². The Balaban J connectivity index is 0.00000261. The minimum atomic E-state index is -0.448. The molecule has 0 aromatic carbocycles. The van der Waals surface area contributed by atoms with Crippen molar-refractivity contribution >= 4 is 29.9 Å². The Bertz CT molecular complexity index is 571. The summed E-state index contributed by atoms with van der Waals surface area (Å²) in [7, 11) is 0. The summed E-state index contributed by atoms with van der Waals surface area (Å²) in [6, 6.07) is 3.94. The summed E-state index contributed by atoms with van der Waals surface area (Å²) in [4.78, 5) is 7.24. The number of nitrogens with one attached hydrogen (secondary N) is 1. The normalized spacial score (nSPS) is 22.7. The first-order valence-electron chi connectivity index (χ1n) is 9.90. The molecule has 0 spiro atoms. The first-order valence-corrected chi connectivity index (χ1v) is 9.90. The van der Waals surface area contributed by atoms with E-state index in [2.05, 4.69) is 31.0 Å². The van der Waals surface area contributed by atoms with E-state index in [0.717, 1.165) is 57.2 Å². The lowest BCUT2D eigenvalue weighted by molar-refractivity contribution is -0.189. The molecule has 2 aliphatic heterocycles. The predicted molar refractivity (Wildman–Crippen MR) is 118 cm³/mol. The fourth-order valence-corrected chi connectivity index (χ4v) is 3.65. The number of nitrogens with zero attached hydrogens (tertiary/aromatic N) is 2. The largest absolute Gasteiger partial charge is 0.469 e. The minimum Gasteiger partial charge on any atom is -0.469 e. The molecule has 2 fully saturated rings. The van der Waals surface area contributed by atoms with E-state index in [1.807, 2.05) is 12.1 Å². The summed E-state index contributed by atoms with van der Waals surface area (Å²) in [6.07, 6.45) is 4.85. The maximum atomic E-state index is 5.91. The summed E-state index contributed by atoms with van der Waals surface area (Å²) < 4.78 is 17.3. The van der Waals surface area contributed by atoms with Crippen molar-refractivity contribution in [1.82, 2.24) is 10.2 Å². The van der Waals surface area contributed by atoms with Gasteiger partial charge >= 0.3 is 0 Å². The molecule has 7 heteroatoms. The van der Waals surface area contributed by atoms with Gasteiger partial charge in [0.15, 0.2) is 11.7 Å². The van der Waals surface area contributed by atoms with Crippen LogP contribution in [0.4, 0.5) is 0 Å². The molecule has 0 aliphatic carbocycles. The molecule has 3 rings (SSSR count). The topological polar surface area (TPSA) is 59.2 Å². The molecule has 1 N–H and O–H groups in total. The second kappa shape index (κ2) is 10.7. The molecule has 2 saturated heterocycles. The molecule has 1 unspecified atom stereocenters. The van der Waals surface area contributed by atoms with Crippen molar-refractivity contribution in [2.24, 2.45) is 16.8 Å². The van der Waals surface area contributed by atoms with E-state index in [1.165, 1.54) is 0 Å². The monoisotopic (exact) mass is 491 g/mol. The average molecular weight is 491 g/mol. The number of halogens is 1. The Morgan fingerprint density at radius 1 is 1.37 bits per heavy atom. The molecule has 154 valence electrons. The summed E-state index contributed by atoms with van der Waals surface area (Å²) in [5, 5.41) is 3.54. The summed E-state index contributed by atoms with van der Waals surface area (Å²) >= 11 is 0. The fourth-order valence-electron chi connectivity index (χ4n) is 3.65. The number of hydrogen-bond donors (Lipinski definition) is 1. The quantitative estimate of drug-likeness (QED) is 0.375. The van der Waals surface area contributed by atoms with E-state index < -0.39 is 5.79 Å². The molecule has 1 atom stereocenters. The van der Waals surface area contributed by atoms with Gasteiger partial charge in [-0.15, -0.1) is 24.0 Å². The van der Waals surface area contributed by atoms with Crippen molar-refractivity contribution in [1.29, 1.82) is 0 Å². The van der Waals surface area contributed by atoms with Crippen molar-refractivity contribution < 1.29 is 13.9 Å². The summed E-state index contributed by atoms with van der Waals surface area (Å²) in [6.45, 7) is 11.5. The molecule has 1 aromatic heterocycles. The highest BCUT2D eigenvalue weighted by molar-refractivity contribution is 14.0. The van der Waals surface area contributed by atoms with Gasteiger partial charge in [-0.3, -0.25) is 4.99 Å². The van der Waals surface area contributed by atoms with E-state index >= 15 is 0 Å². The van der Waals surface area contributed by atoms with Gasteiger partial charge in [-0.05, 0) is 37.8 Å². The van der Waals surface area contributed by atoms with Crippen LogP contribution in [0.2, 0.25) is 0 Å². The van der Waals surface area contributed by atoms with Gasteiger partial charge in [0.25, 0.3) is 0 Å². The maximum absolute atomic E-state index is 5.91. The van der Waals surface area contributed by atoms with E-state index in [1.54, 1.807) is 6.26 Å². The molecular weight excluding hydrogens is 457 g/mol. The van der Waals surface area contributed by atoms with Crippen molar-refractivity contribution in [2.75, 3.05) is 39.4 Å². The second-order valence-electron chi connectivity index (χ2n) is 7.81. The Morgan fingerprint density at radius 3 is 2.81 bits per heavy atom. The summed E-state index contributed by atoms with van der Waals surface area (Å²) in [5.41, 5.74) is 0. The smallest absolute Gasteiger partial charge is 0.193 e. The van der Waals surface area contributed by atoms with Gasteiger partial charge in [-0.2, -0.15) is 0 Å². The average Bonchev–Trinajstić information content (AvgIpc) is 3.30. The zero-order valence-corrected chi connectivity index (χ0v) is 19.1. The van der Waals surface area contributed by atoms with Crippen LogP contribution in [0, 0.1) is 11.8 Å². The lowest BCUT2D eigenvalue weighted by Crippen LogP contribution is -2.52. The lowest BCUT2D eigenvalue weighted by atomic mass is 9.90. The van der Waals surface area contributed by atoms with E-state index in [4.69, 9.17) is 18.9 Å². The Labute approximate surface area is 180 Å². The number of furan rings is 1. The molecule has 0 radical (unpaired) electrons. The van der Waals surface area contributed by atoms with Gasteiger partial charge in [-0.1, -0.05) is 13.8 Å². The number of ether oxygens (including phenoxy) is 2. The molecule has 6 nitrogen and oxygen atoms in total. The van der Waals surface area contributed by atoms with Crippen LogP contribution < -0.4 is 5.32 Å². The van der Waals surface area contributed by atoms with Crippen LogP contribution in [0.5, 0.6) is 0 Å². The molecule has 2 aliphatic rings. The van der Waals surface area contributed by atoms with E-state index in [0.29, 0.717) is 25.0 Å². The Hall–Kier alpha value is -0.800. The first kappa shape index (κ1) is 22.5. The molecule has 27 heavy (non-hydrogen) atoms. The number of likely N-dealkylation sites (tertiary alicyclic amines) is 1. The van der Waals surface area contributed by atoms with Gasteiger partial charge in [0.2, 0.25) is 0 Å². The van der Waals surface area contributed by atoms with Crippen LogP contribution in [0.3, 0.4) is 0 Å². The highest BCUT2D eigenvalue weighted by Gasteiger charge is 2.42. The third kappa shape index (κ3) is 6.35. The third-order valence-corrected chi connectivity index (χ3v) is 5.16. The molecule has 0 amide bonds. The third-order valence-electron chi connectivity index (χ3n) is 5.16. The SMILES string of the molecule is CC(C)CN=C(NCCc1ccco1)N1CCCC(C2(C)OCCO2)C1.I. The maximum Gasteiger partial charge on any atom is 0.193 e. The minimum absolute atomic E-state index is 0. The Morgan fingerprint density at radius 2 is 2.15 bits per heavy atom. The van der Waals surface area contributed by atoms with Crippen molar-refractivity contribution in [3.05, 3.63) is 24.2 Å². The highest BCUT2D eigenvalue weighted by atomic mass is 127. The number of hydrogen-bond acceptors (Lipinski definition) is 4. The van der Waals surface area contributed by atoms with Gasteiger partial charge < -0.3 is 24.1 Å². The van der Waals surface area contributed by atoms with Crippen LogP contribution >= 0.6 is 24.0 Å². The second-order valence-corrected chi connectivity index (χ2v) is 7.81. The lowest BCUT2D eigenvalue weighted by Gasteiger charge is -2.41. The standard InChI is InChI=1S/C20H33N3O3.HI/c1-16(2)14-22-19(21-9-8-18-7-5-11-24-18)23-10-4-6-17(15-23)20(3)25-12-13-26-20;/h5,7,11,16-17H,4,6,8-10,12-15H2,1-3H3,(H,21,22);1H. The van der Waals surface area contributed by atoms with E-state index in [9.17, 15) is 0 Å². The van der Waals surface area contributed by atoms with Crippen LogP contribution in [-0.2, 0) is 15.9 Å². The van der Waals surface area contributed by atoms with Crippen molar-refractivity contribution in [2.45, 2.75) is 45.8 Å². The number of piperidine rings is 1. The molecule has 3 heterocycles. The highest BCUT2D eigenvalue weighted by Crippen LogP contribution is 2.34. The van der Waals surface area contributed by atoms with Crippen LogP contribution in [0.15, 0.2) is 27.8 Å². The number of aliphatic imine (C=N–C) groups is 1. The van der Waals surface area contributed by atoms with Gasteiger partial charge in [0, 0.05) is 38.5 Å². The van der Waals surface area contributed by atoms with Crippen LogP contribution in [0.1, 0.15) is 39.4 Å². The van der Waals surface area contributed by atoms with Gasteiger partial charge in [0.1, 0.15) is 5.76 Å². The zero-order chi connectivity index (χ0) is 18.4. The van der Waals surface area contributed by atoms with Crippen LogP contribution in [0.25, 0.3) is 0 Å². The van der Waals surface area contributed by atoms with Gasteiger partial charge in [0.05, 0.1) is 19.5 Å². The molecule has 1 aromatic rings. The fraction of sp³-hybridized carbons (Fsp3) is 0.750. The van der Waals surface area contributed by atoms with Crippen molar-refractivity contribution in [3.63, 3.8) is 0 Å². The first-order chi connectivity index (χ1) is 12.6. The summed E-state index contributed by atoms with van der Waals surface area (Å²) in [5.74, 6) is 2.45. The number of rotatable bonds is 6. The van der Waals surface area contributed by atoms with Gasteiger partial charge in [-0.25, -0.2) is 0 Å². The molecule has 0 saturated carbocycles.